The van der Waals surface area contributed by atoms with Crippen molar-refractivity contribution >= 4 is 35.9 Å². The number of thioether (sulfide) groups is 1. The third kappa shape index (κ3) is 5.15. The molecule has 2 atom stereocenters. The Bertz CT molecular complexity index is 651. The van der Waals surface area contributed by atoms with Crippen LogP contribution in [-0.4, -0.2) is 56.3 Å². The molecule has 5 nitrogen and oxygen atoms in total. The fourth-order valence-electron chi connectivity index (χ4n) is 3.06. The van der Waals surface area contributed by atoms with E-state index in [1.165, 1.54) is 18.9 Å². The number of esters is 1. The van der Waals surface area contributed by atoms with Gasteiger partial charge in [-0.05, 0) is 51.6 Å². The van der Waals surface area contributed by atoms with Gasteiger partial charge in [-0.3, -0.25) is 9.59 Å². The van der Waals surface area contributed by atoms with Crippen LogP contribution in [0.5, 0.6) is 5.75 Å². The van der Waals surface area contributed by atoms with Gasteiger partial charge in [0.1, 0.15) is 11.0 Å². The summed E-state index contributed by atoms with van der Waals surface area (Å²) in [6, 6.07) is 3.82. The highest BCUT2D eigenvalue weighted by Gasteiger charge is 2.32. The van der Waals surface area contributed by atoms with Crippen molar-refractivity contribution in [2.45, 2.75) is 36.8 Å². The molecule has 1 aliphatic rings. The van der Waals surface area contributed by atoms with E-state index in [9.17, 15) is 9.59 Å². The highest BCUT2D eigenvalue weighted by molar-refractivity contribution is 8.01. The van der Waals surface area contributed by atoms with Gasteiger partial charge in [0.25, 0.3) is 0 Å². The number of fused-ring (bicyclic) bond motifs is 1. The average molecular weight is 402 g/mol. The number of Topliss-reactive ketones (excluding diaryl/α,β-unsaturated/α-hetero) is 1. The van der Waals surface area contributed by atoms with Crippen LogP contribution in [0.15, 0.2) is 17.0 Å². The van der Waals surface area contributed by atoms with E-state index in [1.807, 2.05) is 45.0 Å². The first-order valence-corrected chi connectivity index (χ1v) is 9.52. The van der Waals surface area contributed by atoms with Gasteiger partial charge in [-0.2, -0.15) is 0 Å². The molecule has 7 heteroatoms. The monoisotopic (exact) mass is 401 g/mol. The number of ketones is 1. The molecule has 1 heterocycles. The minimum Gasteiger partial charge on any atom is -0.493 e. The molecule has 0 amide bonds. The molecular formula is C19H28ClNO4S. The van der Waals surface area contributed by atoms with Crippen LogP contribution >= 0.6 is 24.2 Å². The minimum absolute atomic E-state index is 0. The molecule has 0 aromatic heterocycles. The van der Waals surface area contributed by atoms with Gasteiger partial charge in [-0.25, -0.2) is 0 Å². The topological polar surface area (TPSA) is 55.8 Å². The van der Waals surface area contributed by atoms with Crippen molar-refractivity contribution in [3.63, 3.8) is 0 Å². The molecule has 0 spiro atoms. The van der Waals surface area contributed by atoms with Crippen LogP contribution in [0.4, 0.5) is 0 Å². The van der Waals surface area contributed by atoms with E-state index in [-0.39, 0.29) is 35.3 Å². The van der Waals surface area contributed by atoms with Crippen molar-refractivity contribution in [1.82, 2.24) is 4.90 Å². The van der Waals surface area contributed by atoms with Gasteiger partial charge in [0.2, 0.25) is 0 Å². The van der Waals surface area contributed by atoms with E-state index in [0.717, 1.165) is 16.9 Å². The minimum atomic E-state index is -0.247. The van der Waals surface area contributed by atoms with Crippen LogP contribution in [-0.2, 0) is 16.0 Å². The van der Waals surface area contributed by atoms with E-state index in [4.69, 9.17) is 9.47 Å². The van der Waals surface area contributed by atoms with Gasteiger partial charge in [0.05, 0.1) is 19.3 Å². The molecule has 0 N–H and O–H groups in total. The van der Waals surface area contributed by atoms with Gasteiger partial charge < -0.3 is 14.4 Å². The maximum absolute atomic E-state index is 13.1. The standard InChI is InChI=1S/C19H27NO4S.ClH/c1-6-12(11-20(3)4)18(21)14-8-13-9-17(19(22)23-5)25-16(13)10-15(14)24-7-2;/h8,10,12,17H,6-7,9,11H2,1-5H3;1H. The Labute approximate surface area is 166 Å². The molecule has 1 aliphatic heterocycles. The van der Waals surface area contributed by atoms with Crippen LogP contribution in [0.25, 0.3) is 0 Å². The first-order chi connectivity index (χ1) is 11.9. The number of carbonyl (C=O) groups excluding carboxylic acids is 2. The van der Waals surface area contributed by atoms with Gasteiger partial charge in [-0.15, -0.1) is 24.2 Å². The number of benzene rings is 1. The number of carbonyl (C=O) groups is 2. The van der Waals surface area contributed by atoms with Crippen LogP contribution in [0.2, 0.25) is 0 Å². The van der Waals surface area contributed by atoms with Crippen LogP contribution < -0.4 is 4.74 Å². The summed E-state index contributed by atoms with van der Waals surface area (Å²) in [6.07, 6.45) is 1.36. The van der Waals surface area contributed by atoms with Gasteiger partial charge in [0, 0.05) is 17.4 Å². The van der Waals surface area contributed by atoms with E-state index in [1.54, 1.807) is 0 Å². The van der Waals surface area contributed by atoms with Crippen molar-refractivity contribution in [3.05, 3.63) is 23.3 Å². The Kier molecular flexibility index (Phi) is 8.93. The lowest BCUT2D eigenvalue weighted by atomic mass is 9.92. The molecule has 1 aromatic carbocycles. The van der Waals surface area contributed by atoms with Crippen molar-refractivity contribution in [1.29, 1.82) is 0 Å². The number of ether oxygens (including phenoxy) is 2. The van der Waals surface area contributed by atoms with E-state index in [0.29, 0.717) is 30.9 Å². The van der Waals surface area contributed by atoms with E-state index in [2.05, 4.69) is 0 Å². The third-order valence-corrected chi connectivity index (χ3v) is 5.59. The number of rotatable bonds is 8. The first-order valence-electron chi connectivity index (χ1n) is 8.64. The summed E-state index contributed by atoms with van der Waals surface area (Å²) in [5.74, 6) is 0.416. The molecule has 2 rings (SSSR count). The summed E-state index contributed by atoms with van der Waals surface area (Å²) in [5.41, 5.74) is 1.65. The van der Waals surface area contributed by atoms with Crippen molar-refractivity contribution in [2.75, 3.05) is 34.4 Å². The van der Waals surface area contributed by atoms with Gasteiger partial charge in [0.15, 0.2) is 5.78 Å². The maximum Gasteiger partial charge on any atom is 0.319 e. The fraction of sp³-hybridized carbons (Fsp3) is 0.579. The number of hydrogen-bond donors (Lipinski definition) is 0. The number of methoxy groups -OCH3 is 1. The lowest BCUT2D eigenvalue weighted by Crippen LogP contribution is -2.28. The molecule has 2 unspecified atom stereocenters. The zero-order valence-electron chi connectivity index (χ0n) is 16.0. The number of halogens is 1. The summed E-state index contributed by atoms with van der Waals surface area (Å²) in [4.78, 5) is 27.9. The zero-order chi connectivity index (χ0) is 18.6. The molecule has 0 fully saturated rings. The van der Waals surface area contributed by atoms with Crippen LogP contribution in [0.3, 0.4) is 0 Å². The number of nitrogens with zero attached hydrogens (tertiary/aromatic N) is 1. The Morgan fingerprint density at radius 2 is 2.00 bits per heavy atom. The average Bonchev–Trinajstić information content (AvgIpc) is 3.00. The first kappa shape index (κ1) is 22.8. The predicted octanol–water partition coefficient (Wildman–Crippen LogP) is 3.47. The summed E-state index contributed by atoms with van der Waals surface area (Å²) >= 11 is 1.48. The molecule has 0 saturated heterocycles. The Morgan fingerprint density at radius 3 is 2.54 bits per heavy atom. The Morgan fingerprint density at radius 1 is 1.31 bits per heavy atom. The predicted molar refractivity (Wildman–Crippen MR) is 107 cm³/mol. The second-order valence-electron chi connectivity index (χ2n) is 6.45. The molecule has 26 heavy (non-hydrogen) atoms. The largest absolute Gasteiger partial charge is 0.493 e. The quantitative estimate of drug-likeness (QED) is 0.491. The Hall–Kier alpha value is -1.24. The lowest BCUT2D eigenvalue weighted by molar-refractivity contribution is -0.139. The molecule has 0 aliphatic carbocycles. The molecular weight excluding hydrogens is 374 g/mol. The second-order valence-corrected chi connectivity index (χ2v) is 7.70. The molecule has 146 valence electrons. The van der Waals surface area contributed by atoms with E-state index >= 15 is 0 Å². The summed E-state index contributed by atoms with van der Waals surface area (Å²) < 4.78 is 10.6. The van der Waals surface area contributed by atoms with Crippen LogP contribution in [0, 0.1) is 5.92 Å². The number of hydrogen-bond acceptors (Lipinski definition) is 6. The van der Waals surface area contributed by atoms with Crippen molar-refractivity contribution < 1.29 is 19.1 Å². The van der Waals surface area contributed by atoms with Gasteiger partial charge in [-0.1, -0.05) is 6.92 Å². The van der Waals surface area contributed by atoms with Crippen LogP contribution in [0.1, 0.15) is 36.2 Å². The second kappa shape index (κ2) is 10.2. The van der Waals surface area contributed by atoms with E-state index < -0.39 is 0 Å². The molecule has 0 radical (unpaired) electrons. The van der Waals surface area contributed by atoms with Gasteiger partial charge >= 0.3 is 5.97 Å². The highest BCUT2D eigenvalue weighted by Crippen LogP contribution is 2.41. The SMILES string of the molecule is CCOc1cc2c(cc1C(=O)C(CC)CN(C)C)CC(C(=O)OC)S2.Cl. The lowest BCUT2D eigenvalue weighted by Gasteiger charge is -2.20. The normalized spacial score (nSPS) is 16.6. The third-order valence-electron chi connectivity index (χ3n) is 4.32. The summed E-state index contributed by atoms with van der Waals surface area (Å²) in [7, 11) is 5.35. The molecule has 1 aromatic rings. The Balaban J connectivity index is 0.00000338. The molecule has 0 bridgehead atoms. The highest BCUT2D eigenvalue weighted by atomic mass is 35.5. The smallest absolute Gasteiger partial charge is 0.319 e. The summed E-state index contributed by atoms with van der Waals surface area (Å²) in [5, 5.41) is -0.247. The maximum atomic E-state index is 13.1. The fourth-order valence-corrected chi connectivity index (χ4v) is 4.29. The summed E-state index contributed by atoms with van der Waals surface area (Å²) in [6.45, 7) is 5.14. The zero-order valence-corrected chi connectivity index (χ0v) is 17.7. The molecule has 0 saturated carbocycles. The van der Waals surface area contributed by atoms with Crippen molar-refractivity contribution in [3.8, 4) is 5.75 Å². The van der Waals surface area contributed by atoms with Crippen molar-refractivity contribution in [2.24, 2.45) is 5.92 Å².